The first-order valence-electron chi connectivity index (χ1n) is 19.3. The third kappa shape index (κ3) is 9.93. The molecule has 1 saturated carbocycles. The molecule has 6 amide bonds. The molecule has 3 aliphatic heterocycles. The van der Waals surface area contributed by atoms with Crippen molar-refractivity contribution in [2.75, 3.05) is 32.8 Å². The summed E-state index contributed by atoms with van der Waals surface area (Å²) in [6.07, 6.45) is 6.33. The highest BCUT2D eigenvalue weighted by atomic mass is 16.5. The van der Waals surface area contributed by atoms with Gasteiger partial charge in [0.15, 0.2) is 0 Å². The number of nitrogens with zero attached hydrogens (tertiary/aromatic N) is 2. The van der Waals surface area contributed by atoms with Crippen LogP contribution in [0.2, 0.25) is 0 Å². The molecule has 7 atom stereocenters. The molecule has 4 rings (SSSR count). The summed E-state index contributed by atoms with van der Waals surface area (Å²) in [6.45, 7) is 21.4. The van der Waals surface area contributed by atoms with Gasteiger partial charge in [0.1, 0.15) is 12.1 Å². The number of ether oxygens (including phenoxy) is 1. The number of urea groups is 1. The zero-order chi connectivity index (χ0) is 38.6. The molecule has 0 radical (unpaired) electrons. The molecular formula is C39H64N6O7. The summed E-state index contributed by atoms with van der Waals surface area (Å²) < 4.78 is 6.18. The predicted molar refractivity (Wildman–Crippen MR) is 198 cm³/mol. The van der Waals surface area contributed by atoms with Gasteiger partial charge in [0.05, 0.1) is 18.2 Å². The number of ketones is 1. The molecule has 0 bridgehead atoms. The molecular weight excluding hydrogens is 664 g/mol. The van der Waals surface area contributed by atoms with Gasteiger partial charge in [-0.3, -0.25) is 24.0 Å². The third-order valence-electron chi connectivity index (χ3n) is 11.9. The molecule has 1 aliphatic carbocycles. The van der Waals surface area contributed by atoms with Crippen molar-refractivity contribution in [2.24, 2.45) is 28.1 Å². The van der Waals surface area contributed by atoms with Crippen molar-refractivity contribution in [1.29, 1.82) is 0 Å². The van der Waals surface area contributed by atoms with Crippen LogP contribution in [0.1, 0.15) is 107 Å². The molecule has 0 aromatic carbocycles. The van der Waals surface area contributed by atoms with E-state index in [1.165, 1.54) is 11.0 Å². The van der Waals surface area contributed by atoms with E-state index in [9.17, 15) is 28.8 Å². The maximum Gasteiger partial charge on any atom is 0.315 e. The zero-order valence-electron chi connectivity index (χ0n) is 32.8. The second kappa shape index (κ2) is 16.7. The van der Waals surface area contributed by atoms with E-state index in [1.807, 2.05) is 25.7 Å². The Morgan fingerprint density at radius 3 is 2.38 bits per heavy atom. The fourth-order valence-corrected chi connectivity index (χ4v) is 8.12. The standard InChI is InChI=1S/C39H64N6O7/c1-10-18-40-34(49)32(47)26-16-14-12-11-13-15-20-52-24(2)30(35(50)45-22-25-29(39(25,8)9)31(45)33(48)41-26)43-36(51)42-27(37(3,4)5)23-44-19-17-38(6,7)21-28(44)46/h10,24-27,29-31H,1,11-23H2,2-9H3,(H,40,49)(H,41,48)(H2,42,43,51)/t24-,25-,26+,27+,29-,30-,31-/m0/s1. The normalized spacial score (nSPS) is 30.3. The zero-order valence-corrected chi connectivity index (χ0v) is 32.8. The van der Waals surface area contributed by atoms with Crippen LogP contribution in [0.25, 0.3) is 0 Å². The molecule has 292 valence electrons. The highest BCUT2D eigenvalue weighted by Crippen LogP contribution is 2.65. The number of Topliss-reactive ketones (excluding diaryl/α,β-unsaturated/α-hetero) is 1. The third-order valence-corrected chi connectivity index (χ3v) is 11.9. The average molecular weight is 729 g/mol. The Morgan fingerprint density at radius 1 is 1.06 bits per heavy atom. The summed E-state index contributed by atoms with van der Waals surface area (Å²) in [5, 5.41) is 11.4. The largest absolute Gasteiger partial charge is 0.376 e. The lowest BCUT2D eigenvalue weighted by Crippen LogP contribution is -2.63. The Labute approximate surface area is 310 Å². The van der Waals surface area contributed by atoms with E-state index in [2.05, 4.69) is 55.5 Å². The minimum Gasteiger partial charge on any atom is -0.376 e. The smallest absolute Gasteiger partial charge is 0.315 e. The number of hydrogen-bond acceptors (Lipinski definition) is 7. The van der Waals surface area contributed by atoms with Gasteiger partial charge >= 0.3 is 6.03 Å². The lowest BCUT2D eigenvalue weighted by Gasteiger charge is -2.41. The highest BCUT2D eigenvalue weighted by Gasteiger charge is 2.69. The van der Waals surface area contributed by atoms with Crippen LogP contribution in [0.15, 0.2) is 12.7 Å². The van der Waals surface area contributed by atoms with Crippen molar-refractivity contribution < 1.29 is 33.5 Å². The van der Waals surface area contributed by atoms with Crippen LogP contribution in [-0.2, 0) is 28.7 Å². The number of hydrogen-bond donors (Lipinski definition) is 4. The van der Waals surface area contributed by atoms with Crippen molar-refractivity contribution in [3.8, 4) is 0 Å². The summed E-state index contributed by atoms with van der Waals surface area (Å²) in [5.74, 6) is -2.46. The number of piperidine rings is 2. The van der Waals surface area contributed by atoms with Crippen molar-refractivity contribution in [2.45, 2.75) is 137 Å². The maximum absolute atomic E-state index is 14.6. The molecule has 4 N–H and O–H groups in total. The van der Waals surface area contributed by atoms with Crippen LogP contribution in [0, 0.1) is 28.1 Å². The Hall–Kier alpha value is -3.48. The lowest BCUT2D eigenvalue weighted by atomic mass is 9.81. The highest BCUT2D eigenvalue weighted by molar-refractivity contribution is 6.38. The first kappa shape index (κ1) is 41.3. The van der Waals surface area contributed by atoms with Gasteiger partial charge in [-0.05, 0) is 54.3 Å². The van der Waals surface area contributed by atoms with Gasteiger partial charge < -0.3 is 35.8 Å². The van der Waals surface area contributed by atoms with E-state index >= 15 is 0 Å². The first-order valence-corrected chi connectivity index (χ1v) is 19.3. The van der Waals surface area contributed by atoms with E-state index in [-0.39, 0.29) is 35.1 Å². The summed E-state index contributed by atoms with van der Waals surface area (Å²) in [6, 6.07) is -3.99. The molecule has 52 heavy (non-hydrogen) atoms. The van der Waals surface area contributed by atoms with Crippen molar-refractivity contribution in [1.82, 2.24) is 31.1 Å². The number of carbonyl (C=O) groups excluding carboxylic acids is 6. The SMILES string of the molecule is C=CCNC(=O)C(=O)[C@H]1CCCCCCCO[C@@H](C)[C@H](NC(=O)N[C@H](CN2CCC(C)(C)CC2=O)C(C)(C)C)C(=O)N2C[C@H]3[C@@H]([C@H]2C(=O)N1)C3(C)C. The number of nitrogens with one attached hydrogen (secondary N) is 4. The summed E-state index contributed by atoms with van der Waals surface area (Å²) >= 11 is 0. The van der Waals surface area contributed by atoms with Gasteiger partial charge in [0.25, 0.3) is 5.91 Å². The van der Waals surface area contributed by atoms with Crippen molar-refractivity contribution in [3.63, 3.8) is 0 Å². The first-order chi connectivity index (χ1) is 24.3. The Balaban J connectivity index is 1.57. The van der Waals surface area contributed by atoms with Crippen LogP contribution in [0.4, 0.5) is 4.79 Å². The molecule has 3 saturated heterocycles. The van der Waals surface area contributed by atoms with Crippen LogP contribution in [-0.4, -0.2) is 108 Å². The van der Waals surface area contributed by atoms with E-state index in [1.54, 1.807) is 6.92 Å². The van der Waals surface area contributed by atoms with Crippen molar-refractivity contribution >= 4 is 35.4 Å². The van der Waals surface area contributed by atoms with Gasteiger partial charge in [-0.25, -0.2) is 4.79 Å². The van der Waals surface area contributed by atoms with Gasteiger partial charge in [0.2, 0.25) is 23.5 Å². The maximum atomic E-state index is 14.6. The second-order valence-corrected chi connectivity index (χ2v) is 17.9. The molecule has 13 nitrogen and oxygen atoms in total. The van der Waals surface area contributed by atoms with Gasteiger partial charge in [-0.1, -0.05) is 80.2 Å². The molecule has 4 aliphatic rings. The predicted octanol–water partition coefficient (Wildman–Crippen LogP) is 3.32. The molecule has 13 heteroatoms. The van der Waals surface area contributed by atoms with Gasteiger partial charge in [-0.15, -0.1) is 6.58 Å². The second-order valence-electron chi connectivity index (χ2n) is 17.9. The average Bonchev–Trinajstić information content (AvgIpc) is 3.36. The van der Waals surface area contributed by atoms with Gasteiger partial charge in [-0.2, -0.15) is 0 Å². The van der Waals surface area contributed by atoms with Gasteiger partial charge in [0, 0.05) is 39.2 Å². The Morgan fingerprint density at radius 2 is 1.73 bits per heavy atom. The fraction of sp³-hybridized carbons (Fsp3) is 0.795. The Bertz CT molecular complexity index is 1370. The fourth-order valence-electron chi connectivity index (χ4n) is 8.12. The number of amides is 6. The van der Waals surface area contributed by atoms with E-state index < -0.39 is 65.2 Å². The lowest BCUT2D eigenvalue weighted by molar-refractivity contribution is -0.146. The molecule has 0 aromatic heterocycles. The Kier molecular flexibility index (Phi) is 13.2. The molecule has 0 spiro atoms. The number of carbonyl (C=O) groups is 6. The molecule has 0 unspecified atom stereocenters. The van der Waals surface area contributed by atoms with Crippen LogP contribution in [0.5, 0.6) is 0 Å². The summed E-state index contributed by atoms with van der Waals surface area (Å²) in [5.41, 5.74) is -0.671. The summed E-state index contributed by atoms with van der Waals surface area (Å²) in [7, 11) is 0. The molecule has 4 fully saturated rings. The minimum absolute atomic E-state index is 0.0577. The van der Waals surface area contributed by atoms with Crippen molar-refractivity contribution in [3.05, 3.63) is 12.7 Å². The summed E-state index contributed by atoms with van der Waals surface area (Å²) in [4.78, 5) is 84.9. The topological polar surface area (TPSA) is 166 Å². The van der Waals surface area contributed by atoms with Crippen LogP contribution >= 0.6 is 0 Å². The van der Waals surface area contributed by atoms with E-state index in [4.69, 9.17) is 4.74 Å². The van der Waals surface area contributed by atoms with Crippen LogP contribution < -0.4 is 21.3 Å². The van der Waals surface area contributed by atoms with E-state index in [0.717, 1.165) is 32.1 Å². The van der Waals surface area contributed by atoms with E-state index in [0.29, 0.717) is 45.5 Å². The number of rotatable bonds is 8. The minimum atomic E-state index is -1.11. The molecule has 3 heterocycles. The van der Waals surface area contributed by atoms with Crippen LogP contribution in [0.3, 0.4) is 0 Å². The monoisotopic (exact) mass is 728 g/mol. The quantitative estimate of drug-likeness (QED) is 0.220. The number of fused-ring (bicyclic) bond motifs is 3. The molecule has 0 aromatic rings. The number of likely N-dealkylation sites (tertiary alicyclic amines) is 1.